The lowest BCUT2D eigenvalue weighted by molar-refractivity contribution is 0.0467. The van der Waals surface area contributed by atoms with Gasteiger partial charge in [0.15, 0.2) is 0 Å². The Kier molecular flexibility index (Phi) is 5.81. The first-order valence-corrected chi connectivity index (χ1v) is 4.81. The Balaban J connectivity index is 1.65. The van der Waals surface area contributed by atoms with Gasteiger partial charge in [0.25, 0.3) is 0 Å². The van der Waals surface area contributed by atoms with Crippen LogP contribution in [0, 0.1) is 0 Å². The maximum absolute atomic E-state index is 5.33. The maximum Gasteiger partial charge on any atom is 0.0831 e. The second kappa shape index (κ2) is 7.06. The standard InChI is InChI=1S/C10H18O3/c1-2-3-5-11-7-8-12-6-4-10-9-13-10/h2,10H,1,3-9H2. The van der Waals surface area contributed by atoms with Gasteiger partial charge in [0.05, 0.1) is 32.5 Å². The molecule has 3 heteroatoms. The Morgan fingerprint density at radius 3 is 2.54 bits per heavy atom. The molecule has 3 nitrogen and oxygen atoms in total. The van der Waals surface area contributed by atoms with Crippen LogP contribution in [0.25, 0.3) is 0 Å². The molecule has 0 radical (unpaired) electrons. The van der Waals surface area contributed by atoms with E-state index < -0.39 is 0 Å². The van der Waals surface area contributed by atoms with Gasteiger partial charge in [0, 0.05) is 6.61 Å². The molecule has 0 aromatic heterocycles. The van der Waals surface area contributed by atoms with Gasteiger partial charge in [0.2, 0.25) is 0 Å². The van der Waals surface area contributed by atoms with E-state index in [1.807, 2.05) is 6.08 Å². The fraction of sp³-hybridized carbons (Fsp3) is 0.800. The monoisotopic (exact) mass is 186 g/mol. The number of epoxide rings is 1. The van der Waals surface area contributed by atoms with Crippen LogP contribution >= 0.6 is 0 Å². The minimum Gasteiger partial charge on any atom is -0.379 e. The van der Waals surface area contributed by atoms with E-state index in [2.05, 4.69) is 6.58 Å². The highest BCUT2D eigenvalue weighted by molar-refractivity contribution is 4.67. The van der Waals surface area contributed by atoms with Gasteiger partial charge in [0.1, 0.15) is 0 Å². The maximum atomic E-state index is 5.33. The summed E-state index contributed by atoms with van der Waals surface area (Å²) in [6.45, 7) is 7.43. The van der Waals surface area contributed by atoms with Crippen LogP contribution in [0.1, 0.15) is 12.8 Å². The summed E-state index contributed by atoms with van der Waals surface area (Å²) in [6, 6.07) is 0. The molecule has 0 aromatic carbocycles. The average Bonchev–Trinajstić information content (AvgIpc) is 2.93. The van der Waals surface area contributed by atoms with E-state index in [1.165, 1.54) is 0 Å². The number of ether oxygens (including phenoxy) is 3. The number of hydrogen-bond donors (Lipinski definition) is 0. The highest BCUT2D eigenvalue weighted by atomic mass is 16.6. The van der Waals surface area contributed by atoms with Crippen LogP contribution < -0.4 is 0 Å². The molecule has 0 saturated carbocycles. The van der Waals surface area contributed by atoms with Crippen molar-refractivity contribution in [1.82, 2.24) is 0 Å². The van der Waals surface area contributed by atoms with Crippen LogP contribution in [0.3, 0.4) is 0 Å². The summed E-state index contributed by atoms with van der Waals surface area (Å²) in [5.74, 6) is 0. The first kappa shape index (κ1) is 10.7. The molecule has 0 aromatic rings. The predicted octanol–water partition coefficient (Wildman–Crippen LogP) is 1.38. The molecule has 0 bridgehead atoms. The molecule has 13 heavy (non-hydrogen) atoms. The Bertz CT molecular complexity index is 132. The van der Waals surface area contributed by atoms with Gasteiger partial charge in [-0.25, -0.2) is 0 Å². The number of rotatable bonds is 9. The van der Waals surface area contributed by atoms with Gasteiger partial charge in [-0.1, -0.05) is 6.08 Å². The van der Waals surface area contributed by atoms with Crippen molar-refractivity contribution in [3.63, 3.8) is 0 Å². The first-order chi connectivity index (χ1) is 6.43. The zero-order chi connectivity index (χ0) is 9.36. The van der Waals surface area contributed by atoms with Crippen molar-refractivity contribution in [3.05, 3.63) is 12.7 Å². The van der Waals surface area contributed by atoms with Crippen LogP contribution in [0.2, 0.25) is 0 Å². The molecule has 1 atom stereocenters. The summed E-state index contributed by atoms with van der Waals surface area (Å²) in [5.41, 5.74) is 0. The molecule has 0 spiro atoms. The molecule has 1 heterocycles. The zero-order valence-electron chi connectivity index (χ0n) is 8.04. The normalized spacial score (nSPS) is 20.2. The predicted molar refractivity (Wildman–Crippen MR) is 50.8 cm³/mol. The van der Waals surface area contributed by atoms with E-state index in [9.17, 15) is 0 Å². The Labute approximate surface area is 79.7 Å². The molecule has 0 N–H and O–H groups in total. The van der Waals surface area contributed by atoms with Gasteiger partial charge in [-0.05, 0) is 12.8 Å². The van der Waals surface area contributed by atoms with Crippen molar-refractivity contribution in [2.75, 3.05) is 33.0 Å². The summed E-state index contributed by atoms with van der Waals surface area (Å²) in [5, 5.41) is 0. The molecule has 1 aliphatic heterocycles. The van der Waals surface area contributed by atoms with Gasteiger partial charge < -0.3 is 14.2 Å². The van der Waals surface area contributed by atoms with Crippen molar-refractivity contribution >= 4 is 0 Å². The van der Waals surface area contributed by atoms with Crippen molar-refractivity contribution in [2.24, 2.45) is 0 Å². The highest BCUT2D eigenvalue weighted by Crippen LogP contribution is 2.12. The molecule has 0 aliphatic carbocycles. The minimum atomic E-state index is 0.474. The number of hydrogen-bond acceptors (Lipinski definition) is 3. The third-order valence-electron chi connectivity index (χ3n) is 1.82. The van der Waals surface area contributed by atoms with Crippen molar-refractivity contribution < 1.29 is 14.2 Å². The molecular weight excluding hydrogens is 168 g/mol. The van der Waals surface area contributed by atoms with Gasteiger partial charge in [-0.2, -0.15) is 0 Å². The van der Waals surface area contributed by atoms with E-state index in [1.54, 1.807) is 0 Å². The topological polar surface area (TPSA) is 31.0 Å². The molecule has 76 valence electrons. The quantitative estimate of drug-likeness (QED) is 0.310. The van der Waals surface area contributed by atoms with E-state index >= 15 is 0 Å². The molecule has 1 saturated heterocycles. The Morgan fingerprint density at radius 2 is 1.92 bits per heavy atom. The van der Waals surface area contributed by atoms with Crippen molar-refractivity contribution in [1.29, 1.82) is 0 Å². The van der Waals surface area contributed by atoms with Crippen LogP contribution in [-0.4, -0.2) is 39.1 Å². The molecule has 1 fully saturated rings. The van der Waals surface area contributed by atoms with Gasteiger partial charge in [-0.3, -0.25) is 0 Å². The second-order valence-electron chi connectivity index (χ2n) is 3.05. The van der Waals surface area contributed by atoms with Crippen molar-refractivity contribution in [2.45, 2.75) is 18.9 Å². The summed E-state index contributed by atoms with van der Waals surface area (Å²) < 4.78 is 15.6. The van der Waals surface area contributed by atoms with E-state index in [-0.39, 0.29) is 0 Å². The Morgan fingerprint density at radius 1 is 1.23 bits per heavy atom. The lowest BCUT2D eigenvalue weighted by atomic mass is 10.3. The Hall–Kier alpha value is -0.380. The molecule has 1 rings (SSSR count). The fourth-order valence-corrected chi connectivity index (χ4v) is 0.938. The zero-order valence-corrected chi connectivity index (χ0v) is 8.04. The van der Waals surface area contributed by atoms with E-state index in [0.717, 1.165) is 32.7 Å². The molecular formula is C10H18O3. The highest BCUT2D eigenvalue weighted by Gasteiger charge is 2.21. The van der Waals surface area contributed by atoms with Crippen LogP contribution in [0.15, 0.2) is 12.7 Å². The lowest BCUT2D eigenvalue weighted by Gasteiger charge is -2.03. The summed E-state index contributed by atoms with van der Waals surface area (Å²) in [6.07, 6.45) is 4.26. The van der Waals surface area contributed by atoms with Gasteiger partial charge >= 0.3 is 0 Å². The van der Waals surface area contributed by atoms with Crippen LogP contribution in [-0.2, 0) is 14.2 Å². The lowest BCUT2D eigenvalue weighted by Crippen LogP contribution is -2.07. The third-order valence-corrected chi connectivity index (χ3v) is 1.82. The van der Waals surface area contributed by atoms with Crippen LogP contribution in [0.4, 0.5) is 0 Å². The first-order valence-electron chi connectivity index (χ1n) is 4.81. The van der Waals surface area contributed by atoms with Gasteiger partial charge in [-0.15, -0.1) is 6.58 Å². The summed E-state index contributed by atoms with van der Waals surface area (Å²) >= 11 is 0. The third kappa shape index (κ3) is 6.75. The second-order valence-corrected chi connectivity index (χ2v) is 3.05. The molecule has 1 unspecified atom stereocenters. The van der Waals surface area contributed by atoms with Crippen molar-refractivity contribution in [3.8, 4) is 0 Å². The largest absolute Gasteiger partial charge is 0.379 e. The van der Waals surface area contributed by atoms with Crippen LogP contribution in [0.5, 0.6) is 0 Å². The summed E-state index contributed by atoms with van der Waals surface area (Å²) in [7, 11) is 0. The summed E-state index contributed by atoms with van der Waals surface area (Å²) in [4.78, 5) is 0. The fourth-order valence-electron chi connectivity index (χ4n) is 0.938. The molecule has 1 aliphatic rings. The smallest absolute Gasteiger partial charge is 0.0831 e. The van der Waals surface area contributed by atoms with E-state index in [4.69, 9.17) is 14.2 Å². The van der Waals surface area contributed by atoms with E-state index in [0.29, 0.717) is 19.3 Å². The minimum absolute atomic E-state index is 0.474. The molecule has 0 amide bonds. The average molecular weight is 186 g/mol. The SMILES string of the molecule is C=CCCOCCOCCC1CO1.